The van der Waals surface area contributed by atoms with Gasteiger partial charge >= 0.3 is 12.0 Å². The number of hydrogen-bond donors (Lipinski definition) is 2. The minimum Gasteiger partial charge on any atom is -0.454 e. The van der Waals surface area contributed by atoms with Gasteiger partial charge in [0, 0.05) is 11.1 Å². The monoisotopic (exact) mass is 411 g/mol. The highest BCUT2D eigenvalue weighted by Gasteiger charge is 2.47. The molecule has 1 saturated heterocycles. The second kappa shape index (κ2) is 8.94. The predicted octanol–water partition coefficient (Wildman–Crippen LogP) is 2.82. The topological polar surface area (TPSA) is 105 Å². The van der Waals surface area contributed by atoms with Crippen LogP contribution in [0.4, 0.5) is 10.5 Å². The van der Waals surface area contributed by atoms with E-state index in [1.165, 1.54) is 0 Å². The van der Waals surface area contributed by atoms with Crippen LogP contribution in [0.15, 0.2) is 42.5 Å². The number of carbonyl (C=O) groups excluding carboxylic acids is 4. The summed E-state index contributed by atoms with van der Waals surface area (Å²) in [6.45, 7) is 2.58. The molecule has 8 nitrogen and oxygen atoms in total. The standard InChI is InChI=1S/C22H25N3O5/c1-3-4-12-22(2)20(28)25(21(29)24-22)13-19(27)30-14-18(26)23-17-11-7-9-15-8-5-6-10-16(15)17/h5-11H,3-4,12-14H2,1-2H3,(H,23,26)(H,24,29)/t22-/m1/s1. The Bertz CT molecular complexity index is 984. The van der Waals surface area contributed by atoms with E-state index in [-0.39, 0.29) is 0 Å². The molecule has 158 valence electrons. The molecular formula is C22H25N3O5. The van der Waals surface area contributed by atoms with Crippen LogP contribution in [0, 0.1) is 0 Å². The summed E-state index contributed by atoms with van der Waals surface area (Å²) in [6, 6.07) is 12.4. The highest BCUT2D eigenvalue weighted by Crippen LogP contribution is 2.24. The lowest BCUT2D eigenvalue weighted by atomic mass is 9.95. The van der Waals surface area contributed by atoms with Gasteiger partial charge in [-0.05, 0) is 24.8 Å². The lowest BCUT2D eigenvalue weighted by molar-refractivity contribution is -0.150. The van der Waals surface area contributed by atoms with Crippen LogP contribution in [-0.2, 0) is 19.1 Å². The fraction of sp³-hybridized carbons (Fsp3) is 0.364. The van der Waals surface area contributed by atoms with Crippen molar-refractivity contribution in [3.63, 3.8) is 0 Å². The van der Waals surface area contributed by atoms with Gasteiger partial charge in [-0.1, -0.05) is 56.2 Å². The molecule has 2 N–H and O–H groups in total. The summed E-state index contributed by atoms with van der Waals surface area (Å²) < 4.78 is 4.97. The van der Waals surface area contributed by atoms with Crippen molar-refractivity contribution >= 4 is 40.3 Å². The number of ether oxygens (including phenoxy) is 1. The highest BCUT2D eigenvalue weighted by atomic mass is 16.5. The molecule has 1 atom stereocenters. The number of rotatable bonds is 8. The van der Waals surface area contributed by atoms with Crippen molar-refractivity contribution in [3.8, 4) is 0 Å². The third kappa shape index (κ3) is 4.59. The first-order valence-electron chi connectivity index (χ1n) is 9.91. The van der Waals surface area contributed by atoms with Crippen LogP contribution >= 0.6 is 0 Å². The summed E-state index contributed by atoms with van der Waals surface area (Å²) in [5, 5.41) is 7.18. The van der Waals surface area contributed by atoms with Gasteiger partial charge in [0.05, 0.1) is 0 Å². The Morgan fingerprint density at radius 2 is 1.87 bits per heavy atom. The first-order valence-corrected chi connectivity index (χ1v) is 9.91. The molecule has 0 aromatic heterocycles. The molecule has 0 saturated carbocycles. The Labute approximate surface area is 174 Å². The van der Waals surface area contributed by atoms with Crippen LogP contribution in [-0.4, -0.2) is 47.4 Å². The van der Waals surface area contributed by atoms with Gasteiger partial charge < -0.3 is 15.4 Å². The van der Waals surface area contributed by atoms with E-state index in [0.29, 0.717) is 12.1 Å². The Morgan fingerprint density at radius 3 is 2.63 bits per heavy atom. The summed E-state index contributed by atoms with van der Waals surface area (Å²) in [7, 11) is 0. The average molecular weight is 411 g/mol. The minimum atomic E-state index is -1.01. The van der Waals surface area contributed by atoms with E-state index < -0.39 is 42.5 Å². The molecule has 0 bridgehead atoms. The molecule has 0 unspecified atom stereocenters. The second-order valence-corrected chi connectivity index (χ2v) is 7.49. The van der Waals surface area contributed by atoms with E-state index in [0.717, 1.165) is 28.5 Å². The lowest BCUT2D eigenvalue weighted by Gasteiger charge is -2.21. The van der Waals surface area contributed by atoms with Crippen LogP contribution in [0.5, 0.6) is 0 Å². The van der Waals surface area contributed by atoms with Crippen LogP contribution in [0.3, 0.4) is 0 Å². The molecule has 0 radical (unpaired) electrons. The van der Waals surface area contributed by atoms with Gasteiger partial charge in [-0.3, -0.25) is 19.3 Å². The fourth-order valence-corrected chi connectivity index (χ4v) is 3.43. The number of hydrogen-bond acceptors (Lipinski definition) is 5. The molecule has 2 aromatic rings. The molecule has 8 heteroatoms. The maximum Gasteiger partial charge on any atom is 0.326 e. The van der Waals surface area contributed by atoms with Gasteiger partial charge in [0.25, 0.3) is 11.8 Å². The number of unbranched alkanes of at least 4 members (excludes halogenated alkanes) is 1. The van der Waals surface area contributed by atoms with E-state index in [1.807, 2.05) is 43.3 Å². The summed E-state index contributed by atoms with van der Waals surface area (Å²) in [5.74, 6) is -1.80. The SMILES string of the molecule is CCCC[C@@]1(C)NC(=O)N(CC(=O)OCC(=O)Nc2cccc3ccccc23)C1=O. The molecule has 1 heterocycles. The zero-order chi connectivity index (χ0) is 21.7. The molecule has 2 aromatic carbocycles. The number of esters is 1. The van der Waals surface area contributed by atoms with Crippen LogP contribution in [0.2, 0.25) is 0 Å². The number of fused-ring (bicyclic) bond motifs is 1. The van der Waals surface area contributed by atoms with E-state index >= 15 is 0 Å². The third-order valence-corrected chi connectivity index (χ3v) is 5.09. The Morgan fingerprint density at radius 1 is 1.13 bits per heavy atom. The molecule has 4 amide bonds. The van der Waals surface area contributed by atoms with Crippen molar-refractivity contribution in [3.05, 3.63) is 42.5 Å². The summed E-state index contributed by atoms with van der Waals surface area (Å²) >= 11 is 0. The molecule has 30 heavy (non-hydrogen) atoms. The molecule has 1 fully saturated rings. The number of anilines is 1. The molecule has 3 rings (SSSR count). The van der Waals surface area contributed by atoms with Gasteiger partial charge in [-0.2, -0.15) is 0 Å². The van der Waals surface area contributed by atoms with E-state index in [4.69, 9.17) is 4.74 Å². The number of benzene rings is 2. The maximum absolute atomic E-state index is 12.5. The van der Waals surface area contributed by atoms with Crippen LogP contribution < -0.4 is 10.6 Å². The summed E-state index contributed by atoms with van der Waals surface area (Å²) in [5.41, 5.74) is -0.408. The Kier molecular flexibility index (Phi) is 6.34. The van der Waals surface area contributed by atoms with Crippen molar-refractivity contribution in [2.24, 2.45) is 0 Å². The molecule has 1 aliphatic rings. The summed E-state index contributed by atoms with van der Waals surface area (Å²) in [4.78, 5) is 49.8. The number of urea groups is 1. The molecule has 0 aliphatic carbocycles. The number of amides is 4. The lowest BCUT2D eigenvalue weighted by Crippen LogP contribution is -2.44. The molecule has 0 spiro atoms. The van der Waals surface area contributed by atoms with Gasteiger partial charge in [-0.25, -0.2) is 4.79 Å². The fourth-order valence-electron chi connectivity index (χ4n) is 3.43. The normalized spacial score (nSPS) is 18.4. The number of carbonyl (C=O) groups is 4. The van der Waals surface area contributed by atoms with E-state index in [1.54, 1.807) is 13.0 Å². The van der Waals surface area contributed by atoms with Crippen molar-refractivity contribution in [1.29, 1.82) is 0 Å². The largest absolute Gasteiger partial charge is 0.454 e. The van der Waals surface area contributed by atoms with E-state index in [9.17, 15) is 19.2 Å². The van der Waals surface area contributed by atoms with Gasteiger partial charge in [-0.15, -0.1) is 0 Å². The van der Waals surface area contributed by atoms with Gasteiger partial charge in [0.1, 0.15) is 12.1 Å². The highest BCUT2D eigenvalue weighted by molar-refractivity contribution is 6.08. The van der Waals surface area contributed by atoms with Crippen molar-refractivity contribution in [2.45, 2.75) is 38.6 Å². The van der Waals surface area contributed by atoms with Crippen molar-refractivity contribution < 1.29 is 23.9 Å². The third-order valence-electron chi connectivity index (χ3n) is 5.09. The predicted molar refractivity (Wildman–Crippen MR) is 112 cm³/mol. The zero-order valence-corrected chi connectivity index (χ0v) is 17.1. The van der Waals surface area contributed by atoms with Crippen LogP contribution in [0.1, 0.15) is 33.1 Å². The van der Waals surface area contributed by atoms with Crippen LogP contribution in [0.25, 0.3) is 10.8 Å². The van der Waals surface area contributed by atoms with Crippen molar-refractivity contribution in [1.82, 2.24) is 10.2 Å². The minimum absolute atomic E-state index is 0.460. The Balaban J connectivity index is 1.54. The Hall–Kier alpha value is -3.42. The van der Waals surface area contributed by atoms with Gasteiger partial charge in [0.15, 0.2) is 6.61 Å². The molecule has 1 aliphatic heterocycles. The van der Waals surface area contributed by atoms with Crippen molar-refractivity contribution in [2.75, 3.05) is 18.5 Å². The van der Waals surface area contributed by atoms with E-state index in [2.05, 4.69) is 10.6 Å². The molecular weight excluding hydrogens is 386 g/mol. The maximum atomic E-state index is 12.5. The quantitative estimate of drug-likeness (QED) is 0.513. The summed E-state index contributed by atoms with van der Waals surface area (Å²) in [6.07, 6.45) is 2.15. The first-order chi connectivity index (χ1) is 14.3. The zero-order valence-electron chi connectivity index (χ0n) is 17.1. The number of imide groups is 1. The smallest absolute Gasteiger partial charge is 0.326 e. The second-order valence-electron chi connectivity index (χ2n) is 7.49. The van der Waals surface area contributed by atoms with Gasteiger partial charge in [0.2, 0.25) is 0 Å². The average Bonchev–Trinajstić information content (AvgIpc) is 2.94. The number of nitrogens with one attached hydrogen (secondary N) is 2. The first kappa shape index (κ1) is 21.3. The number of nitrogens with zero attached hydrogens (tertiary/aromatic N) is 1.